The van der Waals surface area contributed by atoms with Gasteiger partial charge in [-0.05, 0) is 55.7 Å². The van der Waals surface area contributed by atoms with Crippen LogP contribution in [0, 0.1) is 11.7 Å². The maximum absolute atomic E-state index is 13.0. The van der Waals surface area contributed by atoms with Gasteiger partial charge in [-0.25, -0.2) is 4.39 Å². The summed E-state index contributed by atoms with van der Waals surface area (Å²) in [5, 5.41) is 6.71. The summed E-state index contributed by atoms with van der Waals surface area (Å²) in [6, 6.07) is 16.6. The van der Waals surface area contributed by atoms with Crippen molar-refractivity contribution in [3.05, 3.63) is 60.4 Å². The van der Waals surface area contributed by atoms with Crippen LogP contribution in [0.5, 0.6) is 5.75 Å². The largest absolute Gasteiger partial charge is 0.489 e. The first-order valence-electron chi connectivity index (χ1n) is 9.81. The van der Waals surface area contributed by atoms with E-state index in [-0.39, 0.29) is 35.9 Å². The molecule has 1 fully saturated rings. The van der Waals surface area contributed by atoms with Crippen LogP contribution in [0.1, 0.15) is 13.3 Å². The number of para-hydroxylation sites is 1. The van der Waals surface area contributed by atoms with Crippen molar-refractivity contribution in [2.75, 3.05) is 38.1 Å². The lowest BCUT2D eigenvalue weighted by atomic mass is 10.1. The van der Waals surface area contributed by atoms with Crippen LogP contribution in [-0.4, -0.2) is 45.3 Å². The van der Waals surface area contributed by atoms with Crippen LogP contribution in [0.15, 0.2) is 59.6 Å². The SMILES string of the molecule is CN=C(NCC1CCN(c2ccccc2)C1)NCC(C)Oc1ccc(F)cc1.I. The van der Waals surface area contributed by atoms with Crippen LogP contribution in [0.2, 0.25) is 0 Å². The van der Waals surface area contributed by atoms with Crippen LogP contribution in [0.3, 0.4) is 0 Å². The van der Waals surface area contributed by atoms with E-state index in [1.54, 1.807) is 19.2 Å². The Hall–Kier alpha value is -2.03. The van der Waals surface area contributed by atoms with Gasteiger partial charge in [-0.2, -0.15) is 0 Å². The van der Waals surface area contributed by atoms with Crippen LogP contribution in [0.25, 0.3) is 0 Å². The van der Waals surface area contributed by atoms with E-state index in [2.05, 4.69) is 50.9 Å². The molecular weight excluding hydrogens is 482 g/mol. The molecule has 2 atom stereocenters. The fraction of sp³-hybridized carbons (Fsp3) is 0.409. The second kappa shape index (κ2) is 11.8. The minimum atomic E-state index is -0.263. The average molecular weight is 512 g/mol. The van der Waals surface area contributed by atoms with Crippen LogP contribution in [0.4, 0.5) is 10.1 Å². The Labute approximate surface area is 189 Å². The summed E-state index contributed by atoms with van der Waals surface area (Å²) in [6.45, 7) is 5.61. The van der Waals surface area contributed by atoms with Gasteiger partial charge in [0.15, 0.2) is 5.96 Å². The first-order valence-corrected chi connectivity index (χ1v) is 9.81. The van der Waals surface area contributed by atoms with Crippen molar-refractivity contribution in [2.45, 2.75) is 19.4 Å². The first kappa shape index (κ1) is 23.3. The van der Waals surface area contributed by atoms with Crippen molar-refractivity contribution in [2.24, 2.45) is 10.9 Å². The molecule has 1 saturated heterocycles. The molecule has 0 saturated carbocycles. The lowest BCUT2D eigenvalue weighted by Gasteiger charge is -2.20. The number of benzene rings is 2. The van der Waals surface area contributed by atoms with E-state index in [0.29, 0.717) is 18.2 Å². The highest BCUT2D eigenvalue weighted by Crippen LogP contribution is 2.22. The van der Waals surface area contributed by atoms with Crippen molar-refractivity contribution in [1.29, 1.82) is 0 Å². The Morgan fingerprint density at radius 3 is 2.59 bits per heavy atom. The third kappa shape index (κ3) is 7.38. The fourth-order valence-corrected chi connectivity index (χ4v) is 3.36. The Morgan fingerprint density at radius 1 is 1.17 bits per heavy atom. The topological polar surface area (TPSA) is 48.9 Å². The minimum absolute atomic E-state index is 0. The van der Waals surface area contributed by atoms with E-state index in [9.17, 15) is 4.39 Å². The summed E-state index contributed by atoms with van der Waals surface area (Å²) in [7, 11) is 1.77. The summed E-state index contributed by atoms with van der Waals surface area (Å²) >= 11 is 0. The maximum atomic E-state index is 13.0. The zero-order valence-corrected chi connectivity index (χ0v) is 19.3. The molecular formula is C22H30FIN4O. The van der Waals surface area contributed by atoms with Gasteiger partial charge in [0.05, 0.1) is 6.54 Å². The molecule has 0 bridgehead atoms. The lowest BCUT2D eigenvalue weighted by Crippen LogP contribution is -2.43. The quantitative estimate of drug-likeness (QED) is 0.336. The number of anilines is 1. The monoisotopic (exact) mass is 512 g/mol. The van der Waals surface area contributed by atoms with Crippen LogP contribution >= 0.6 is 24.0 Å². The predicted molar refractivity (Wildman–Crippen MR) is 128 cm³/mol. The smallest absolute Gasteiger partial charge is 0.191 e. The molecule has 2 aromatic rings. The van der Waals surface area contributed by atoms with E-state index < -0.39 is 0 Å². The summed E-state index contributed by atoms with van der Waals surface area (Å²) in [5.74, 6) is 1.76. The van der Waals surface area contributed by atoms with E-state index in [1.807, 2.05) is 6.92 Å². The molecule has 5 nitrogen and oxygen atoms in total. The molecule has 0 radical (unpaired) electrons. The number of ether oxygens (including phenoxy) is 1. The van der Waals surface area contributed by atoms with Gasteiger partial charge in [-0.1, -0.05) is 18.2 Å². The van der Waals surface area contributed by atoms with Gasteiger partial charge >= 0.3 is 0 Å². The fourth-order valence-electron chi connectivity index (χ4n) is 3.36. The Bertz CT molecular complexity index is 757. The first-order chi connectivity index (χ1) is 13.6. The molecule has 1 heterocycles. The molecule has 2 unspecified atom stereocenters. The zero-order chi connectivity index (χ0) is 19.8. The number of nitrogens with zero attached hydrogens (tertiary/aromatic N) is 2. The molecule has 29 heavy (non-hydrogen) atoms. The second-order valence-corrected chi connectivity index (χ2v) is 7.15. The molecule has 2 aromatic carbocycles. The standard InChI is InChI=1S/C22H29FN4O.HI/c1-17(28-21-10-8-19(23)9-11-21)14-25-22(24-2)26-15-18-12-13-27(16-18)20-6-4-3-5-7-20;/h3-11,17-18H,12-16H2,1-2H3,(H2,24,25,26);1H. The number of hydrogen-bond donors (Lipinski definition) is 2. The van der Waals surface area contributed by atoms with Gasteiger partial charge in [-0.15, -0.1) is 24.0 Å². The van der Waals surface area contributed by atoms with Crippen molar-refractivity contribution in [1.82, 2.24) is 10.6 Å². The second-order valence-electron chi connectivity index (χ2n) is 7.15. The number of nitrogens with one attached hydrogen (secondary N) is 2. The number of guanidine groups is 1. The molecule has 0 spiro atoms. The highest BCUT2D eigenvalue weighted by Gasteiger charge is 2.22. The van der Waals surface area contributed by atoms with Crippen LogP contribution < -0.4 is 20.3 Å². The Balaban J connectivity index is 0.00000300. The number of hydrogen-bond acceptors (Lipinski definition) is 3. The van der Waals surface area contributed by atoms with Gasteiger partial charge in [-0.3, -0.25) is 4.99 Å². The van der Waals surface area contributed by atoms with E-state index in [1.165, 1.54) is 24.2 Å². The normalized spacial score (nSPS) is 17.4. The van der Waals surface area contributed by atoms with Gasteiger partial charge < -0.3 is 20.3 Å². The molecule has 7 heteroatoms. The van der Waals surface area contributed by atoms with Crippen molar-refractivity contribution in [3.63, 3.8) is 0 Å². The minimum Gasteiger partial charge on any atom is -0.489 e. The summed E-state index contributed by atoms with van der Waals surface area (Å²) in [6.07, 6.45) is 1.10. The highest BCUT2D eigenvalue weighted by molar-refractivity contribution is 14.0. The molecule has 158 valence electrons. The van der Waals surface area contributed by atoms with Crippen molar-refractivity contribution < 1.29 is 9.13 Å². The lowest BCUT2D eigenvalue weighted by molar-refractivity contribution is 0.223. The number of halogens is 2. The zero-order valence-electron chi connectivity index (χ0n) is 17.0. The third-order valence-corrected chi connectivity index (χ3v) is 4.90. The van der Waals surface area contributed by atoms with Gasteiger partial charge in [0.1, 0.15) is 17.7 Å². The molecule has 0 amide bonds. The van der Waals surface area contributed by atoms with E-state index in [0.717, 1.165) is 25.6 Å². The van der Waals surface area contributed by atoms with E-state index >= 15 is 0 Å². The highest BCUT2D eigenvalue weighted by atomic mass is 127. The molecule has 0 aromatic heterocycles. The van der Waals surface area contributed by atoms with Gasteiger partial charge in [0.2, 0.25) is 0 Å². The summed E-state index contributed by atoms with van der Waals surface area (Å²) in [4.78, 5) is 6.72. The van der Waals surface area contributed by atoms with Crippen LogP contribution in [-0.2, 0) is 0 Å². The van der Waals surface area contributed by atoms with E-state index in [4.69, 9.17) is 4.74 Å². The summed E-state index contributed by atoms with van der Waals surface area (Å²) in [5.41, 5.74) is 1.29. The number of aliphatic imine (C=N–C) groups is 1. The molecule has 1 aliphatic heterocycles. The molecule has 1 aliphatic rings. The molecule has 3 rings (SSSR count). The molecule has 0 aliphatic carbocycles. The average Bonchev–Trinajstić information content (AvgIpc) is 3.20. The Kier molecular flexibility index (Phi) is 9.50. The van der Waals surface area contributed by atoms with Crippen molar-refractivity contribution >= 4 is 35.6 Å². The van der Waals surface area contributed by atoms with Gasteiger partial charge in [0, 0.05) is 32.4 Å². The third-order valence-electron chi connectivity index (χ3n) is 4.90. The van der Waals surface area contributed by atoms with Crippen molar-refractivity contribution in [3.8, 4) is 5.75 Å². The van der Waals surface area contributed by atoms with Gasteiger partial charge in [0.25, 0.3) is 0 Å². The number of rotatable bonds is 7. The predicted octanol–water partition coefficient (Wildman–Crippen LogP) is 3.90. The Morgan fingerprint density at radius 2 is 1.90 bits per heavy atom. The maximum Gasteiger partial charge on any atom is 0.191 e. The summed E-state index contributed by atoms with van der Waals surface area (Å²) < 4.78 is 18.7. The molecule has 2 N–H and O–H groups in total.